The van der Waals surface area contributed by atoms with Gasteiger partial charge in [-0.3, -0.25) is 4.74 Å². The van der Waals surface area contributed by atoms with Gasteiger partial charge < -0.3 is 29.7 Å². The third-order valence-corrected chi connectivity index (χ3v) is 6.23. The summed E-state index contributed by atoms with van der Waals surface area (Å²) in [6.45, 7) is 6.07. The molecule has 2 aliphatic heterocycles. The van der Waals surface area contributed by atoms with Gasteiger partial charge in [0.2, 0.25) is 5.88 Å². The van der Waals surface area contributed by atoms with Gasteiger partial charge >= 0.3 is 12.4 Å². The van der Waals surface area contributed by atoms with Gasteiger partial charge in [0, 0.05) is 37.9 Å². The average molecular weight is 525 g/mol. The lowest BCUT2D eigenvalue weighted by Crippen LogP contribution is -2.36. The highest BCUT2D eigenvalue weighted by Crippen LogP contribution is 2.33. The number of nitrogens with one attached hydrogen (secondary N) is 1. The summed E-state index contributed by atoms with van der Waals surface area (Å²) in [5, 5.41) is 12.2. The Kier molecular flexibility index (Phi) is 8.40. The predicted molar refractivity (Wildman–Crippen MR) is 131 cm³/mol. The van der Waals surface area contributed by atoms with E-state index in [1.54, 1.807) is 19.1 Å². The fourth-order valence-corrected chi connectivity index (χ4v) is 4.32. The standard InChI is InChI=1S/C25H31F3N4O5/c1-16-3-4-19(29-24(34)32-6-5-20(14-32)37-25(26,27)28)13-21(16)18-11-22(31-7-9-35-10-8-31)30-23(12-18)36-17(2)15-33/h3-4,11-13,17,20,33H,5-10,14-15H2,1-2H3,(H,29,34)/t17-,20-/m1/s1. The van der Waals surface area contributed by atoms with Crippen LogP contribution in [0.5, 0.6) is 5.88 Å². The van der Waals surface area contributed by atoms with E-state index in [1.165, 1.54) is 4.90 Å². The SMILES string of the molecule is Cc1ccc(NC(=O)N2CC[C@@H](OC(F)(F)F)C2)cc1-c1cc(O[C@H](C)CO)nc(N2CCOCC2)c1. The molecule has 2 N–H and O–H groups in total. The maximum atomic E-state index is 12.7. The molecule has 3 heterocycles. The van der Waals surface area contributed by atoms with Crippen molar-refractivity contribution in [3.63, 3.8) is 0 Å². The molecule has 2 fully saturated rings. The third kappa shape index (κ3) is 7.24. The number of hydrogen-bond acceptors (Lipinski definition) is 7. The van der Waals surface area contributed by atoms with Gasteiger partial charge in [-0.25, -0.2) is 4.79 Å². The van der Waals surface area contributed by atoms with Crippen molar-refractivity contribution in [2.24, 2.45) is 0 Å². The third-order valence-electron chi connectivity index (χ3n) is 6.23. The van der Waals surface area contributed by atoms with Crippen LogP contribution in [0.25, 0.3) is 11.1 Å². The van der Waals surface area contributed by atoms with Gasteiger partial charge in [-0.2, -0.15) is 4.98 Å². The highest BCUT2D eigenvalue weighted by molar-refractivity contribution is 5.90. The summed E-state index contributed by atoms with van der Waals surface area (Å²) < 4.78 is 52.9. The first-order valence-electron chi connectivity index (χ1n) is 12.1. The Balaban J connectivity index is 1.55. The van der Waals surface area contributed by atoms with Crippen LogP contribution in [0.3, 0.4) is 0 Å². The quantitative estimate of drug-likeness (QED) is 0.569. The Hall–Kier alpha value is -3.09. The Morgan fingerprint density at radius 3 is 2.70 bits per heavy atom. The molecular weight excluding hydrogens is 493 g/mol. The van der Waals surface area contributed by atoms with E-state index in [1.807, 2.05) is 25.1 Å². The second kappa shape index (κ2) is 11.5. The summed E-state index contributed by atoms with van der Waals surface area (Å²) in [6.07, 6.45) is -6.14. The highest BCUT2D eigenvalue weighted by atomic mass is 19.4. The van der Waals surface area contributed by atoms with Gasteiger partial charge in [-0.05, 0) is 55.2 Å². The summed E-state index contributed by atoms with van der Waals surface area (Å²) in [7, 11) is 0. The van der Waals surface area contributed by atoms with Crippen LogP contribution in [-0.2, 0) is 9.47 Å². The van der Waals surface area contributed by atoms with E-state index in [2.05, 4.69) is 19.9 Å². The number of halogens is 3. The van der Waals surface area contributed by atoms with Crippen LogP contribution in [0.4, 0.5) is 29.5 Å². The fourth-order valence-electron chi connectivity index (χ4n) is 4.32. The highest BCUT2D eigenvalue weighted by Gasteiger charge is 2.37. The molecule has 0 unspecified atom stereocenters. The van der Waals surface area contributed by atoms with E-state index < -0.39 is 24.6 Å². The molecule has 1 aromatic heterocycles. The number of rotatable bonds is 7. The number of hydrogen-bond donors (Lipinski definition) is 2. The Labute approximate surface area is 213 Å². The number of aryl methyl sites for hydroxylation is 1. The molecule has 202 valence electrons. The van der Waals surface area contributed by atoms with E-state index in [0.29, 0.717) is 43.7 Å². The number of alkyl halides is 3. The zero-order valence-corrected chi connectivity index (χ0v) is 20.8. The molecule has 0 bridgehead atoms. The number of pyridine rings is 1. The Morgan fingerprint density at radius 1 is 1.24 bits per heavy atom. The molecule has 0 radical (unpaired) electrons. The van der Waals surface area contributed by atoms with Crippen LogP contribution >= 0.6 is 0 Å². The molecule has 2 saturated heterocycles. The maximum absolute atomic E-state index is 12.7. The minimum atomic E-state index is -4.73. The number of anilines is 2. The monoisotopic (exact) mass is 524 g/mol. The molecule has 2 atom stereocenters. The number of carbonyl (C=O) groups is 1. The number of benzene rings is 1. The van der Waals surface area contributed by atoms with Crippen molar-refractivity contribution < 1.29 is 37.3 Å². The molecule has 12 heteroatoms. The molecule has 4 rings (SSSR count). The van der Waals surface area contributed by atoms with Gasteiger partial charge in [-0.15, -0.1) is 13.2 Å². The zero-order valence-electron chi connectivity index (χ0n) is 20.8. The number of aliphatic hydroxyl groups excluding tert-OH is 1. The smallest absolute Gasteiger partial charge is 0.472 e. The first-order chi connectivity index (χ1) is 17.6. The van der Waals surface area contributed by atoms with Crippen molar-refractivity contribution in [3.8, 4) is 17.0 Å². The molecule has 37 heavy (non-hydrogen) atoms. The molecular formula is C25H31F3N4O5. The van der Waals surface area contributed by atoms with Crippen LogP contribution < -0.4 is 15.0 Å². The summed E-state index contributed by atoms with van der Waals surface area (Å²) in [5.41, 5.74) is 3.08. The first-order valence-corrected chi connectivity index (χ1v) is 12.1. The number of aromatic nitrogens is 1. The summed E-state index contributed by atoms with van der Waals surface area (Å²) >= 11 is 0. The average Bonchev–Trinajstić information content (AvgIpc) is 3.32. The molecule has 0 saturated carbocycles. The number of aliphatic hydroxyl groups is 1. The van der Waals surface area contributed by atoms with E-state index in [0.717, 1.165) is 16.7 Å². The van der Waals surface area contributed by atoms with Gasteiger partial charge in [-0.1, -0.05) is 6.07 Å². The van der Waals surface area contributed by atoms with Crippen molar-refractivity contribution in [1.29, 1.82) is 0 Å². The van der Waals surface area contributed by atoms with E-state index in [9.17, 15) is 23.1 Å². The van der Waals surface area contributed by atoms with Crippen LogP contribution in [-0.4, -0.2) is 85.6 Å². The minimum Gasteiger partial charge on any atom is -0.472 e. The predicted octanol–water partition coefficient (Wildman–Crippen LogP) is 3.80. The van der Waals surface area contributed by atoms with Gasteiger partial charge in [0.05, 0.1) is 25.9 Å². The summed E-state index contributed by atoms with van der Waals surface area (Å²) in [6, 6.07) is 8.64. The first kappa shape index (κ1) is 27.0. The number of nitrogens with zero attached hydrogens (tertiary/aromatic N) is 3. The fraction of sp³-hybridized carbons (Fsp3) is 0.520. The largest absolute Gasteiger partial charge is 0.522 e. The van der Waals surface area contributed by atoms with Crippen LogP contribution in [0.15, 0.2) is 30.3 Å². The van der Waals surface area contributed by atoms with Crippen molar-refractivity contribution in [2.45, 2.75) is 38.8 Å². The van der Waals surface area contributed by atoms with Crippen molar-refractivity contribution in [2.75, 3.05) is 56.2 Å². The summed E-state index contributed by atoms with van der Waals surface area (Å²) in [5.74, 6) is 1.07. The lowest BCUT2D eigenvalue weighted by molar-refractivity contribution is -0.340. The summed E-state index contributed by atoms with van der Waals surface area (Å²) in [4.78, 5) is 20.8. The molecule has 0 spiro atoms. The lowest BCUT2D eigenvalue weighted by Gasteiger charge is -2.28. The van der Waals surface area contributed by atoms with Crippen LogP contribution in [0, 0.1) is 6.92 Å². The van der Waals surface area contributed by atoms with Crippen molar-refractivity contribution >= 4 is 17.5 Å². The van der Waals surface area contributed by atoms with Gasteiger partial charge in [0.25, 0.3) is 0 Å². The van der Waals surface area contributed by atoms with Gasteiger partial charge in [0.15, 0.2) is 0 Å². The number of likely N-dealkylation sites (tertiary alicyclic amines) is 1. The molecule has 0 aliphatic carbocycles. The number of ether oxygens (including phenoxy) is 3. The normalized spacial score (nSPS) is 19.1. The Bertz CT molecular complexity index is 1090. The molecule has 2 aromatic rings. The molecule has 9 nitrogen and oxygen atoms in total. The van der Waals surface area contributed by atoms with Crippen LogP contribution in [0.2, 0.25) is 0 Å². The minimum absolute atomic E-state index is 0.114. The second-order valence-electron chi connectivity index (χ2n) is 9.14. The number of carbonyl (C=O) groups excluding carboxylic acids is 1. The zero-order chi connectivity index (χ0) is 26.6. The number of morpholine rings is 1. The van der Waals surface area contributed by atoms with Crippen molar-refractivity contribution in [1.82, 2.24) is 9.88 Å². The van der Waals surface area contributed by atoms with Crippen molar-refractivity contribution in [3.05, 3.63) is 35.9 Å². The number of urea groups is 1. The van der Waals surface area contributed by atoms with E-state index in [4.69, 9.17) is 9.47 Å². The maximum Gasteiger partial charge on any atom is 0.522 e. The van der Waals surface area contributed by atoms with Crippen LogP contribution in [0.1, 0.15) is 18.9 Å². The second-order valence-corrected chi connectivity index (χ2v) is 9.14. The topological polar surface area (TPSA) is 96.4 Å². The van der Waals surface area contributed by atoms with Gasteiger partial charge in [0.1, 0.15) is 11.9 Å². The molecule has 2 amide bonds. The number of amides is 2. The molecule has 1 aromatic carbocycles. The van der Waals surface area contributed by atoms with E-state index in [-0.39, 0.29) is 26.1 Å². The van der Waals surface area contributed by atoms with E-state index >= 15 is 0 Å². The molecule has 2 aliphatic rings. The lowest BCUT2D eigenvalue weighted by atomic mass is 10.00. The Morgan fingerprint density at radius 2 is 2.00 bits per heavy atom.